The molecule has 5 nitrogen and oxygen atoms in total. The molecule has 0 aliphatic carbocycles. The third-order valence-corrected chi connectivity index (χ3v) is 4.00. The zero-order valence-corrected chi connectivity index (χ0v) is 12.4. The quantitative estimate of drug-likeness (QED) is 0.480. The van der Waals surface area contributed by atoms with Crippen LogP contribution in [0.4, 0.5) is 0 Å². The zero-order valence-electron chi connectivity index (χ0n) is 10.7. The van der Waals surface area contributed by atoms with E-state index in [9.17, 15) is 9.59 Å². The molecule has 0 aromatic carbocycles. The van der Waals surface area contributed by atoms with Crippen LogP contribution >= 0.6 is 24.0 Å². The second kappa shape index (κ2) is 6.62. The molecule has 0 bridgehead atoms. The number of thiocarbonyl (C=S) groups is 1. The molecule has 0 atom stereocenters. The minimum atomic E-state index is -0.365. The summed E-state index contributed by atoms with van der Waals surface area (Å²) in [5, 5.41) is 0. The maximum atomic E-state index is 12.2. The average Bonchev–Trinajstić information content (AvgIpc) is 2.72. The number of amides is 1. The summed E-state index contributed by atoms with van der Waals surface area (Å²) in [7, 11) is 1.31. The number of methoxy groups -OCH3 is 1. The van der Waals surface area contributed by atoms with Crippen LogP contribution in [0, 0.1) is 0 Å². The van der Waals surface area contributed by atoms with Crippen molar-refractivity contribution in [2.45, 2.75) is 6.42 Å². The average molecular weight is 308 g/mol. The van der Waals surface area contributed by atoms with Crippen LogP contribution in [0.5, 0.6) is 0 Å². The Bertz CT molecular complexity index is 572. The zero-order chi connectivity index (χ0) is 14.5. The highest BCUT2D eigenvalue weighted by molar-refractivity contribution is 8.26. The summed E-state index contributed by atoms with van der Waals surface area (Å²) in [5.41, 5.74) is 0.834. The number of nitrogens with zero attached hydrogens (tertiary/aromatic N) is 2. The number of hydrogen-bond donors (Lipinski definition) is 0. The predicted octanol–water partition coefficient (Wildman–Crippen LogP) is 1.85. The lowest BCUT2D eigenvalue weighted by atomic mass is 10.2. The number of aromatic nitrogens is 1. The Kier molecular flexibility index (Phi) is 4.86. The van der Waals surface area contributed by atoms with E-state index >= 15 is 0 Å². The van der Waals surface area contributed by atoms with Gasteiger partial charge in [0.25, 0.3) is 5.91 Å². The molecule has 1 saturated heterocycles. The number of hydrogen-bond acceptors (Lipinski definition) is 6. The van der Waals surface area contributed by atoms with Crippen LogP contribution in [0.15, 0.2) is 29.4 Å². The minimum Gasteiger partial charge on any atom is -0.469 e. The molecule has 2 heterocycles. The number of carbonyl (C=O) groups excluding carboxylic acids is 2. The monoisotopic (exact) mass is 308 g/mol. The molecule has 0 radical (unpaired) electrons. The molecule has 0 spiro atoms. The number of pyridine rings is 1. The summed E-state index contributed by atoms with van der Waals surface area (Å²) in [6, 6.07) is 3.65. The van der Waals surface area contributed by atoms with E-state index in [0.717, 1.165) is 5.56 Å². The Hall–Kier alpha value is -1.73. The first-order valence-electron chi connectivity index (χ1n) is 5.84. The fourth-order valence-electron chi connectivity index (χ4n) is 1.61. The van der Waals surface area contributed by atoms with Crippen LogP contribution in [0.3, 0.4) is 0 Å². The van der Waals surface area contributed by atoms with Gasteiger partial charge in [0.05, 0.1) is 18.4 Å². The van der Waals surface area contributed by atoms with Gasteiger partial charge < -0.3 is 4.74 Å². The predicted molar refractivity (Wildman–Crippen MR) is 80.7 cm³/mol. The first-order valence-corrected chi connectivity index (χ1v) is 7.06. The number of carbonyl (C=O) groups is 2. The number of esters is 1. The Morgan fingerprint density at radius 2 is 2.40 bits per heavy atom. The highest BCUT2D eigenvalue weighted by Crippen LogP contribution is 2.32. The van der Waals surface area contributed by atoms with Crippen LogP contribution in [0.25, 0.3) is 6.08 Å². The Labute approximate surface area is 126 Å². The van der Waals surface area contributed by atoms with Crippen molar-refractivity contribution in [3.05, 3.63) is 35.0 Å². The van der Waals surface area contributed by atoms with E-state index in [1.807, 2.05) is 6.07 Å². The molecule has 1 aliphatic heterocycles. The van der Waals surface area contributed by atoms with Gasteiger partial charge in [0.1, 0.15) is 4.32 Å². The Morgan fingerprint density at radius 3 is 3.05 bits per heavy atom. The topological polar surface area (TPSA) is 59.5 Å². The standard InChI is InChI=1S/C13H12N2O3S2/c1-18-11(16)4-6-15-12(17)10(20-13(15)19)7-9-3-2-5-14-8-9/h2-3,5,7-8H,4,6H2,1H3. The van der Waals surface area contributed by atoms with E-state index in [-0.39, 0.29) is 24.8 Å². The van der Waals surface area contributed by atoms with Crippen LogP contribution < -0.4 is 0 Å². The van der Waals surface area contributed by atoms with E-state index in [2.05, 4.69) is 9.72 Å². The van der Waals surface area contributed by atoms with Gasteiger partial charge in [-0.05, 0) is 17.7 Å². The first kappa shape index (κ1) is 14.7. The fourth-order valence-corrected chi connectivity index (χ4v) is 2.92. The largest absolute Gasteiger partial charge is 0.469 e. The SMILES string of the molecule is COC(=O)CCN1C(=O)C(=Cc2cccnc2)SC1=S. The van der Waals surface area contributed by atoms with Crippen molar-refractivity contribution in [2.24, 2.45) is 0 Å². The molecule has 2 rings (SSSR count). The molecule has 104 valence electrons. The third-order valence-electron chi connectivity index (χ3n) is 2.62. The molecule has 1 aliphatic rings. The van der Waals surface area contributed by atoms with Gasteiger partial charge in [0.15, 0.2) is 0 Å². The highest BCUT2D eigenvalue weighted by Gasteiger charge is 2.32. The normalized spacial score (nSPS) is 16.9. The third kappa shape index (κ3) is 3.43. The maximum absolute atomic E-state index is 12.2. The van der Waals surface area contributed by atoms with Crippen molar-refractivity contribution in [1.82, 2.24) is 9.88 Å². The van der Waals surface area contributed by atoms with E-state index in [0.29, 0.717) is 9.23 Å². The molecular weight excluding hydrogens is 296 g/mol. The summed E-state index contributed by atoms with van der Waals surface area (Å²) in [6.45, 7) is 0.238. The molecule has 1 amide bonds. The number of rotatable bonds is 4. The van der Waals surface area contributed by atoms with Crippen molar-refractivity contribution in [2.75, 3.05) is 13.7 Å². The first-order chi connectivity index (χ1) is 9.61. The van der Waals surface area contributed by atoms with Crippen molar-refractivity contribution in [3.63, 3.8) is 0 Å². The fraction of sp³-hybridized carbons (Fsp3) is 0.231. The van der Waals surface area contributed by atoms with Gasteiger partial charge >= 0.3 is 5.97 Å². The van der Waals surface area contributed by atoms with Crippen molar-refractivity contribution >= 4 is 46.3 Å². The van der Waals surface area contributed by atoms with Crippen LogP contribution in [0.2, 0.25) is 0 Å². The number of ether oxygens (including phenoxy) is 1. The Balaban J connectivity index is 2.09. The molecule has 0 N–H and O–H groups in total. The van der Waals surface area contributed by atoms with Crippen LogP contribution in [-0.2, 0) is 14.3 Å². The summed E-state index contributed by atoms with van der Waals surface area (Å²) < 4.78 is 5.01. The lowest BCUT2D eigenvalue weighted by molar-refractivity contribution is -0.140. The minimum absolute atomic E-state index is 0.128. The van der Waals surface area contributed by atoms with Gasteiger partial charge in [0, 0.05) is 18.9 Å². The lowest BCUT2D eigenvalue weighted by Crippen LogP contribution is -2.30. The molecule has 20 heavy (non-hydrogen) atoms. The second-order valence-electron chi connectivity index (χ2n) is 3.95. The lowest BCUT2D eigenvalue weighted by Gasteiger charge is -2.12. The molecule has 7 heteroatoms. The van der Waals surface area contributed by atoms with E-state index in [1.54, 1.807) is 24.5 Å². The smallest absolute Gasteiger partial charge is 0.307 e. The summed E-state index contributed by atoms with van der Waals surface area (Å²) in [4.78, 5) is 29.3. The Morgan fingerprint density at radius 1 is 1.60 bits per heavy atom. The van der Waals surface area contributed by atoms with Crippen molar-refractivity contribution < 1.29 is 14.3 Å². The van der Waals surface area contributed by atoms with Gasteiger partial charge in [0.2, 0.25) is 0 Å². The summed E-state index contributed by atoms with van der Waals surface area (Å²) in [6.07, 6.45) is 5.20. The summed E-state index contributed by atoms with van der Waals surface area (Å²) in [5.74, 6) is -0.553. The second-order valence-corrected chi connectivity index (χ2v) is 5.62. The van der Waals surface area contributed by atoms with Crippen molar-refractivity contribution in [3.8, 4) is 0 Å². The molecule has 1 aromatic rings. The van der Waals surface area contributed by atoms with E-state index in [1.165, 1.54) is 23.8 Å². The van der Waals surface area contributed by atoms with Gasteiger partial charge in [-0.1, -0.05) is 30.0 Å². The van der Waals surface area contributed by atoms with E-state index in [4.69, 9.17) is 12.2 Å². The van der Waals surface area contributed by atoms with Gasteiger partial charge in [-0.25, -0.2) is 0 Å². The van der Waals surface area contributed by atoms with E-state index < -0.39 is 0 Å². The van der Waals surface area contributed by atoms with Crippen molar-refractivity contribution in [1.29, 1.82) is 0 Å². The van der Waals surface area contributed by atoms with Crippen LogP contribution in [-0.4, -0.2) is 39.7 Å². The number of thioether (sulfide) groups is 1. The molecule has 0 unspecified atom stereocenters. The van der Waals surface area contributed by atoms with Gasteiger partial charge in [-0.15, -0.1) is 0 Å². The molecule has 0 saturated carbocycles. The molecule has 1 aromatic heterocycles. The highest BCUT2D eigenvalue weighted by atomic mass is 32.2. The molecule has 1 fully saturated rings. The van der Waals surface area contributed by atoms with Crippen LogP contribution in [0.1, 0.15) is 12.0 Å². The summed E-state index contributed by atoms with van der Waals surface area (Å²) >= 11 is 6.38. The maximum Gasteiger partial charge on any atom is 0.307 e. The molecular formula is C13H12N2O3S2. The van der Waals surface area contributed by atoms with Gasteiger partial charge in [-0.2, -0.15) is 0 Å². The van der Waals surface area contributed by atoms with Gasteiger partial charge in [-0.3, -0.25) is 19.5 Å².